The fourth-order valence-corrected chi connectivity index (χ4v) is 4.38. The predicted molar refractivity (Wildman–Crippen MR) is 108 cm³/mol. The van der Waals surface area contributed by atoms with E-state index < -0.39 is 10.0 Å². The van der Waals surface area contributed by atoms with Gasteiger partial charge in [-0.2, -0.15) is 0 Å². The minimum atomic E-state index is -3.60. The van der Waals surface area contributed by atoms with Gasteiger partial charge in [0.2, 0.25) is 15.9 Å². The van der Waals surface area contributed by atoms with Crippen molar-refractivity contribution in [3.63, 3.8) is 0 Å². The van der Waals surface area contributed by atoms with Crippen molar-refractivity contribution in [2.45, 2.75) is 55.7 Å². The molecule has 0 bridgehead atoms. The number of sulfonamides is 1. The summed E-state index contributed by atoms with van der Waals surface area (Å²) in [6.45, 7) is 4.00. The van der Waals surface area contributed by atoms with Crippen molar-refractivity contribution in [2.75, 3.05) is 18.1 Å². The van der Waals surface area contributed by atoms with Gasteiger partial charge in [0.15, 0.2) is 0 Å². The van der Waals surface area contributed by atoms with Gasteiger partial charge in [-0.3, -0.25) is 4.79 Å². The van der Waals surface area contributed by atoms with Crippen molar-refractivity contribution in [3.05, 3.63) is 29.8 Å². The van der Waals surface area contributed by atoms with Crippen LogP contribution in [0.15, 0.2) is 39.6 Å². The van der Waals surface area contributed by atoms with Crippen LogP contribution in [-0.4, -0.2) is 27.1 Å². The minimum Gasteiger partial charge on any atom is -0.325 e. The second-order valence-electron chi connectivity index (χ2n) is 6.76. The molecule has 0 aliphatic heterocycles. The van der Waals surface area contributed by atoms with E-state index in [1.54, 1.807) is 26.0 Å². The van der Waals surface area contributed by atoms with Gasteiger partial charge < -0.3 is 5.32 Å². The Labute approximate surface area is 161 Å². The van der Waals surface area contributed by atoms with Crippen LogP contribution in [0.2, 0.25) is 0 Å². The highest BCUT2D eigenvalue weighted by Gasteiger charge is 2.18. The van der Waals surface area contributed by atoms with Crippen molar-refractivity contribution in [2.24, 2.45) is 5.92 Å². The van der Waals surface area contributed by atoms with Crippen LogP contribution in [0.3, 0.4) is 0 Å². The van der Waals surface area contributed by atoms with Crippen LogP contribution in [0, 0.1) is 5.92 Å². The molecule has 0 aromatic heterocycles. The van der Waals surface area contributed by atoms with Crippen LogP contribution < -0.4 is 10.0 Å². The first kappa shape index (κ1) is 21.0. The van der Waals surface area contributed by atoms with Gasteiger partial charge >= 0.3 is 0 Å². The number of thioether (sulfide) groups is 1. The second kappa shape index (κ2) is 9.58. The molecule has 1 aliphatic carbocycles. The van der Waals surface area contributed by atoms with Gasteiger partial charge in [-0.15, -0.1) is 11.8 Å². The molecule has 5 nitrogen and oxygen atoms in total. The molecule has 2 rings (SSSR count). The first-order valence-corrected chi connectivity index (χ1v) is 11.7. The molecule has 0 fully saturated rings. The highest BCUT2D eigenvalue weighted by atomic mass is 32.2. The van der Waals surface area contributed by atoms with Crippen LogP contribution in [-0.2, 0) is 14.8 Å². The molecular weight excluding hydrogens is 368 g/mol. The molecule has 1 amide bonds. The molecule has 0 saturated carbocycles. The monoisotopic (exact) mass is 396 g/mol. The zero-order chi connectivity index (χ0) is 19.2. The molecule has 1 aliphatic rings. The Morgan fingerprint density at radius 3 is 2.65 bits per heavy atom. The van der Waals surface area contributed by atoms with E-state index in [2.05, 4.69) is 16.1 Å². The number of hydrogen-bond acceptors (Lipinski definition) is 4. The Morgan fingerprint density at radius 2 is 2.04 bits per heavy atom. The Kier molecular flexibility index (Phi) is 7.73. The van der Waals surface area contributed by atoms with E-state index in [0.29, 0.717) is 12.2 Å². The van der Waals surface area contributed by atoms with Crippen LogP contribution in [0.4, 0.5) is 5.69 Å². The molecule has 0 spiro atoms. The Hall–Kier alpha value is -1.31. The zero-order valence-electron chi connectivity index (χ0n) is 15.7. The van der Waals surface area contributed by atoms with Gasteiger partial charge in [-0.05, 0) is 56.6 Å². The third-order valence-corrected chi connectivity index (χ3v) is 6.64. The molecule has 144 valence electrons. The van der Waals surface area contributed by atoms with Crippen LogP contribution in [0.5, 0.6) is 0 Å². The molecule has 0 atom stereocenters. The largest absolute Gasteiger partial charge is 0.325 e. The topological polar surface area (TPSA) is 75.3 Å². The smallest absolute Gasteiger partial charge is 0.240 e. The maximum Gasteiger partial charge on any atom is 0.240 e. The summed E-state index contributed by atoms with van der Waals surface area (Å²) in [5, 5.41) is 2.82. The van der Waals surface area contributed by atoms with Gasteiger partial charge in [0.05, 0.1) is 10.6 Å². The summed E-state index contributed by atoms with van der Waals surface area (Å²) in [4.78, 5) is 13.0. The summed E-state index contributed by atoms with van der Waals surface area (Å²) < 4.78 is 27.9. The molecule has 26 heavy (non-hydrogen) atoms. The highest BCUT2D eigenvalue weighted by Crippen LogP contribution is 2.28. The third-order valence-electron chi connectivity index (χ3n) is 4.39. The van der Waals surface area contributed by atoms with Crippen molar-refractivity contribution < 1.29 is 13.2 Å². The van der Waals surface area contributed by atoms with Crippen molar-refractivity contribution >= 4 is 33.4 Å². The van der Waals surface area contributed by atoms with Crippen LogP contribution in [0.1, 0.15) is 46.0 Å². The van der Waals surface area contributed by atoms with E-state index in [1.807, 2.05) is 6.26 Å². The first-order valence-electron chi connectivity index (χ1n) is 9.00. The number of rotatable bonds is 8. The number of anilines is 1. The molecule has 0 heterocycles. The standard InChI is InChI=1S/C19H28N2O3S2/c1-14(2)19(22)21-17-13-16(9-10-18(17)25-3)26(23,24)20-12-11-15-7-5-4-6-8-15/h7,9-10,13-14,20H,4-6,8,11-12H2,1-3H3,(H,21,22). The fraction of sp³-hybridized carbons (Fsp3) is 0.526. The molecule has 0 radical (unpaired) electrons. The molecule has 7 heteroatoms. The summed E-state index contributed by atoms with van der Waals surface area (Å²) in [5.74, 6) is -0.307. The summed E-state index contributed by atoms with van der Waals surface area (Å²) in [7, 11) is -3.60. The van der Waals surface area contributed by atoms with E-state index in [1.165, 1.54) is 36.2 Å². The minimum absolute atomic E-state index is 0.132. The lowest BCUT2D eigenvalue weighted by molar-refractivity contribution is -0.118. The molecule has 0 saturated heterocycles. The van der Waals surface area contributed by atoms with Crippen molar-refractivity contribution in [3.8, 4) is 0 Å². The summed E-state index contributed by atoms with van der Waals surface area (Å²) >= 11 is 1.47. The number of carbonyl (C=O) groups is 1. The number of allylic oxidation sites excluding steroid dienone is 1. The van der Waals surface area contributed by atoms with Gasteiger partial charge in [0, 0.05) is 17.4 Å². The molecule has 1 aromatic rings. The van der Waals surface area contributed by atoms with E-state index in [4.69, 9.17) is 0 Å². The molecule has 1 aromatic carbocycles. The Bertz CT molecular complexity index is 771. The van der Waals surface area contributed by atoms with Crippen molar-refractivity contribution in [1.82, 2.24) is 4.72 Å². The maximum absolute atomic E-state index is 12.6. The SMILES string of the molecule is CSc1ccc(S(=O)(=O)NCCC2=CCCCC2)cc1NC(=O)C(C)C. The molecule has 0 unspecified atom stereocenters. The zero-order valence-corrected chi connectivity index (χ0v) is 17.3. The quantitative estimate of drug-likeness (QED) is 0.511. The predicted octanol–water partition coefficient (Wildman–Crippen LogP) is 4.17. The summed E-state index contributed by atoms with van der Waals surface area (Å²) in [5.41, 5.74) is 1.87. The first-order chi connectivity index (χ1) is 12.3. The average Bonchev–Trinajstić information content (AvgIpc) is 2.62. The number of benzene rings is 1. The number of hydrogen-bond donors (Lipinski definition) is 2. The highest BCUT2D eigenvalue weighted by molar-refractivity contribution is 7.98. The van der Waals surface area contributed by atoms with E-state index in [-0.39, 0.29) is 16.7 Å². The maximum atomic E-state index is 12.6. The lowest BCUT2D eigenvalue weighted by Crippen LogP contribution is -2.25. The summed E-state index contributed by atoms with van der Waals surface area (Å²) in [6, 6.07) is 4.85. The third kappa shape index (κ3) is 5.86. The number of nitrogens with one attached hydrogen (secondary N) is 2. The van der Waals surface area contributed by atoms with Crippen LogP contribution >= 0.6 is 11.8 Å². The van der Waals surface area contributed by atoms with Gasteiger partial charge in [0.1, 0.15) is 0 Å². The van der Waals surface area contributed by atoms with E-state index in [0.717, 1.165) is 24.2 Å². The molecular formula is C19H28N2O3S2. The lowest BCUT2D eigenvalue weighted by Gasteiger charge is -2.15. The van der Waals surface area contributed by atoms with Gasteiger partial charge in [-0.25, -0.2) is 13.1 Å². The normalized spacial score (nSPS) is 15.0. The Morgan fingerprint density at radius 1 is 1.27 bits per heavy atom. The second-order valence-corrected chi connectivity index (χ2v) is 9.38. The van der Waals surface area contributed by atoms with Crippen LogP contribution in [0.25, 0.3) is 0 Å². The summed E-state index contributed by atoms with van der Waals surface area (Å²) in [6.07, 6.45) is 9.44. The Balaban J connectivity index is 2.09. The molecule has 2 N–H and O–H groups in total. The average molecular weight is 397 g/mol. The number of amides is 1. The van der Waals surface area contributed by atoms with E-state index >= 15 is 0 Å². The number of carbonyl (C=O) groups excluding carboxylic acids is 1. The fourth-order valence-electron chi connectivity index (χ4n) is 2.79. The lowest BCUT2D eigenvalue weighted by atomic mass is 9.97. The van der Waals surface area contributed by atoms with Gasteiger partial charge in [0.25, 0.3) is 0 Å². The van der Waals surface area contributed by atoms with Gasteiger partial charge in [-0.1, -0.05) is 25.5 Å². The van der Waals surface area contributed by atoms with E-state index in [9.17, 15) is 13.2 Å². The van der Waals surface area contributed by atoms with Crippen molar-refractivity contribution in [1.29, 1.82) is 0 Å².